The van der Waals surface area contributed by atoms with Gasteiger partial charge in [0.15, 0.2) is 0 Å². The summed E-state index contributed by atoms with van der Waals surface area (Å²) in [7, 11) is 0. The molecule has 2 rings (SSSR count). The van der Waals surface area contributed by atoms with E-state index in [-0.39, 0.29) is 6.10 Å². The topological polar surface area (TPSA) is 32.3 Å². The molecule has 1 heterocycles. The minimum atomic E-state index is -0.165. The molecule has 0 fully saturated rings. The van der Waals surface area contributed by atoms with E-state index in [2.05, 4.69) is 35.0 Å². The Morgan fingerprint density at radius 3 is 3.00 bits per heavy atom. The van der Waals surface area contributed by atoms with Gasteiger partial charge in [-0.15, -0.1) is 11.3 Å². The summed E-state index contributed by atoms with van der Waals surface area (Å²) in [6.07, 6.45) is 1.50. The van der Waals surface area contributed by atoms with Gasteiger partial charge in [-0.25, -0.2) is 0 Å². The van der Waals surface area contributed by atoms with Crippen LogP contribution in [0, 0.1) is 0 Å². The van der Waals surface area contributed by atoms with Crippen molar-refractivity contribution in [2.75, 3.05) is 6.54 Å². The second kappa shape index (κ2) is 6.15. The highest BCUT2D eigenvalue weighted by molar-refractivity contribution is 7.17. The van der Waals surface area contributed by atoms with Crippen LogP contribution in [0.5, 0.6) is 0 Å². The second-order valence-electron chi connectivity index (χ2n) is 4.28. The third-order valence-electron chi connectivity index (χ3n) is 3.00. The average Bonchev–Trinajstić information content (AvgIpc) is 2.78. The molecule has 0 bridgehead atoms. The number of hydrogen-bond donors (Lipinski definition) is 2. The first-order valence-electron chi connectivity index (χ1n) is 6.15. The van der Waals surface area contributed by atoms with Gasteiger partial charge in [-0.05, 0) is 41.8 Å². The van der Waals surface area contributed by atoms with Crippen LogP contribution in [0.3, 0.4) is 0 Å². The van der Waals surface area contributed by atoms with Crippen LogP contribution >= 0.6 is 11.3 Å². The van der Waals surface area contributed by atoms with Crippen molar-refractivity contribution < 1.29 is 5.11 Å². The minimum Gasteiger partial charge on any atom is -0.393 e. The van der Waals surface area contributed by atoms with E-state index in [0.29, 0.717) is 0 Å². The maximum absolute atomic E-state index is 9.45. The second-order valence-corrected chi connectivity index (χ2v) is 5.20. The molecule has 0 radical (unpaired) electrons. The Kier molecular flexibility index (Phi) is 4.54. The van der Waals surface area contributed by atoms with Crippen LogP contribution in [0.25, 0.3) is 10.1 Å². The van der Waals surface area contributed by atoms with Gasteiger partial charge in [-0.1, -0.05) is 25.1 Å². The first-order valence-corrected chi connectivity index (χ1v) is 7.03. The largest absolute Gasteiger partial charge is 0.393 e. The van der Waals surface area contributed by atoms with Crippen LogP contribution in [0.15, 0.2) is 29.6 Å². The fourth-order valence-corrected chi connectivity index (χ4v) is 2.83. The van der Waals surface area contributed by atoms with Gasteiger partial charge in [0.25, 0.3) is 0 Å². The third kappa shape index (κ3) is 3.28. The number of nitrogens with one attached hydrogen (secondary N) is 1. The Bertz CT molecular complexity index is 466. The summed E-state index contributed by atoms with van der Waals surface area (Å²) < 4.78 is 1.35. The number of aliphatic hydroxyl groups excluding tert-OH is 1. The molecule has 1 unspecified atom stereocenters. The summed E-state index contributed by atoms with van der Waals surface area (Å²) in [6.45, 7) is 3.77. The van der Waals surface area contributed by atoms with Gasteiger partial charge in [-0.3, -0.25) is 0 Å². The Morgan fingerprint density at radius 1 is 1.35 bits per heavy atom. The predicted molar refractivity (Wildman–Crippen MR) is 74.4 cm³/mol. The molecule has 2 N–H and O–H groups in total. The highest BCUT2D eigenvalue weighted by Crippen LogP contribution is 2.25. The fraction of sp³-hybridized carbons (Fsp3) is 0.429. The monoisotopic (exact) mass is 249 g/mol. The Balaban J connectivity index is 1.87. The molecule has 1 aromatic carbocycles. The zero-order valence-electron chi connectivity index (χ0n) is 10.1. The lowest BCUT2D eigenvalue weighted by molar-refractivity contribution is 0.159. The first-order chi connectivity index (χ1) is 8.31. The minimum absolute atomic E-state index is 0.165. The van der Waals surface area contributed by atoms with E-state index < -0.39 is 0 Å². The number of benzene rings is 1. The Morgan fingerprint density at radius 2 is 2.18 bits per heavy atom. The van der Waals surface area contributed by atoms with Crippen molar-refractivity contribution >= 4 is 21.4 Å². The van der Waals surface area contributed by atoms with E-state index in [1.165, 1.54) is 15.6 Å². The van der Waals surface area contributed by atoms with Crippen molar-refractivity contribution in [1.29, 1.82) is 0 Å². The molecule has 17 heavy (non-hydrogen) atoms. The molecule has 1 atom stereocenters. The number of hydrogen-bond acceptors (Lipinski definition) is 3. The van der Waals surface area contributed by atoms with Crippen molar-refractivity contribution in [3.8, 4) is 0 Å². The summed E-state index contributed by atoms with van der Waals surface area (Å²) >= 11 is 1.79. The SMILES string of the molecule is CCC(O)CCNCc1csc2ccccc12. The van der Waals surface area contributed by atoms with E-state index in [0.717, 1.165) is 25.9 Å². The first kappa shape index (κ1) is 12.6. The van der Waals surface area contributed by atoms with Crippen LogP contribution in [0.1, 0.15) is 25.3 Å². The Labute approximate surface area is 106 Å². The van der Waals surface area contributed by atoms with Crippen molar-refractivity contribution in [2.24, 2.45) is 0 Å². The molecular weight excluding hydrogens is 230 g/mol. The van der Waals surface area contributed by atoms with Crippen LogP contribution in [-0.4, -0.2) is 17.8 Å². The smallest absolute Gasteiger partial charge is 0.0549 e. The van der Waals surface area contributed by atoms with E-state index in [9.17, 15) is 5.11 Å². The van der Waals surface area contributed by atoms with Crippen LogP contribution in [-0.2, 0) is 6.54 Å². The predicted octanol–water partition coefficient (Wildman–Crippen LogP) is 3.15. The molecule has 2 aromatic rings. The molecule has 0 aliphatic carbocycles. The standard InChI is InChI=1S/C14H19NOS/c1-2-12(16)7-8-15-9-11-10-17-14-6-4-3-5-13(11)14/h3-6,10,12,15-16H,2,7-9H2,1H3. The molecule has 0 saturated heterocycles. The quantitative estimate of drug-likeness (QED) is 0.771. The summed E-state index contributed by atoms with van der Waals surface area (Å²) in [5.74, 6) is 0. The summed E-state index contributed by atoms with van der Waals surface area (Å²) in [4.78, 5) is 0. The van der Waals surface area contributed by atoms with Gasteiger partial charge in [-0.2, -0.15) is 0 Å². The molecule has 0 saturated carbocycles. The van der Waals surface area contributed by atoms with Gasteiger partial charge in [0, 0.05) is 11.2 Å². The number of aliphatic hydroxyl groups is 1. The number of thiophene rings is 1. The summed E-state index contributed by atoms with van der Waals surface area (Å²) in [6, 6.07) is 8.49. The Hall–Kier alpha value is -0.900. The van der Waals surface area contributed by atoms with Gasteiger partial charge >= 0.3 is 0 Å². The molecule has 0 aliphatic heterocycles. The zero-order chi connectivity index (χ0) is 12.1. The van der Waals surface area contributed by atoms with Crippen LogP contribution < -0.4 is 5.32 Å². The summed E-state index contributed by atoms with van der Waals surface area (Å²) in [5, 5.41) is 16.4. The van der Waals surface area contributed by atoms with Crippen LogP contribution in [0.2, 0.25) is 0 Å². The van der Waals surface area contributed by atoms with E-state index in [4.69, 9.17) is 0 Å². The lowest BCUT2D eigenvalue weighted by Gasteiger charge is -2.08. The molecule has 1 aromatic heterocycles. The van der Waals surface area contributed by atoms with Gasteiger partial charge in [0.05, 0.1) is 6.10 Å². The maximum atomic E-state index is 9.45. The molecule has 0 aliphatic rings. The fourth-order valence-electron chi connectivity index (χ4n) is 1.87. The number of fused-ring (bicyclic) bond motifs is 1. The molecule has 92 valence electrons. The van der Waals surface area contributed by atoms with Crippen molar-refractivity contribution in [3.05, 3.63) is 35.2 Å². The molecule has 0 spiro atoms. The molecule has 2 nitrogen and oxygen atoms in total. The third-order valence-corrected chi connectivity index (χ3v) is 4.01. The van der Waals surface area contributed by atoms with E-state index in [1.54, 1.807) is 11.3 Å². The van der Waals surface area contributed by atoms with Crippen molar-refractivity contribution in [2.45, 2.75) is 32.4 Å². The average molecular weight is 249 g/mol. The lowest BCUT2D eigenvalue weighted by Crippen LogP contribution is -2.19. The molecule has 0 amide bonds. The van der Waals surface area contributed by atoms with Gasteiger partial charge in [0.1, 0.15) is 0 Å². The van der Waals surface area contributed by atoms with Crippen molar-refractivity contribution in [3.63, 3.8) is 0 Å². The highest BCUT2D eigenvalue weighted by atomic mass is 32.1. The van der Waals surface area contributed by atoms with Crippen LogP contribution in [0.4, 0.5) is 0 Å². The summed E-state index contributed by atoms with van der Waals surface area (Å²) in [5.41, 5.74) is 1.36. The van der Waals surface area contributed by atoms with E-state index in [1.807, 2.05) is 6.92 Å². The highest BCUT2D eigenvalue weighted by Gasteiger charge is 2.03. The van der Waals surface area contributed by atoms with E-state index >= 15 is 0 Å². The molecule has 3 heteroatoms. The van der Waals surface area contributed by atoms with Gasteiger partial charge in [0.2, 0.25) is 0 Å². The normalized spacial score (nSPS) is 13.1. The molecular formula is C14H19NOS. The number of rotatable bonds is 6. The zero-order valence-corrected chi connectivity index (χ0v) is 11.0. The van der Waals surface area contributed by atoms with Crippen molar-refractivity contribution in [1.82, 2.24) is 5.32 Å². The van der Waals surface area contributed by atoms with Gasteiger partial charge < -0.3 is 10.4 Å². The lowest BCUT2D eigenvalue weighted by atomic mass is 10.1. The maximum Gasteiger partial charge on any atom is 0.0549 e.